The summed E-state index contributed by atoms with van der Waals surface area (Å²) in [5, 5.41) is 0. The minimum atomic E-state index is -0.466. The number of carbonyl (C=O) groups is 1. The van der Waals surface area contributed by atoms with Crippen molar-refractivity contribution in [3.8, 4) is 0 Å². The quantitative estimate of drug-likeness (QED) is 0.880. The highest BCUT2D eigenvalue weighted by Crippen LogP contribution is 2.38. The molecule has 0 spiro atoms. The first-order chi connectivity index (χ1) is 12.7. The second-order valence-electron chi connectivity index (χ2n) is 7.44. The van der Waals surface area contributed by atoms with Gasteiger partial charge in [0.25, 0.3) is 0 Å². The van der Waals surface area contributed by atoms with E-state index in [9.17, 15) is 4.79 Å². The molecular weight excluding hydrogens is 360 g/mol. The molecule has 0 aliphatic carbocycles. The van der Waals surface area contributed by atoms with Gasteiger partial charge in [-0.15, -0.1) is 12.4 Å². The fourth-order valence-electron chi connectivity index (χ4n) is 4.33. The van der Waals surface area contributed by atoms with Crippen molar-refractivity contribution in [3.05, 3.63) is 71.3 Å². The summed E-state index contributed by atoms with van der Waals surface area (Å²) in [5.74, 6) is 0.401. The van der Waals surface area contributed by atoms with E-state index >= 15 is 0 Å². The topological polar surface area (TPSA) is 55.6 Å². The summed E-state index contributed by atoms with van der Waals surface area (Å²) in [6, 6.07) is 19.0. The summed E-state index contributed by atoms with van der Waals surface area (Å²) in [4.78, 5) is 15.5. The van der Waals surface area contributed by atoms with Crippen molar-refractivity contribution in [1.29, 1.82) is 0 Å². The van der Waals surface area contributed by atoms with E-state index in [4.69, 9.17) is 10.5 Å². The lowest BCUT2D eigenvalue weighted by Gasteiger charge is -2.42. The predicted molar refractivity (Wildman–Crippen MR) is 109 cm³/mol. The standard InChI is InChI=1S/C22H26N2O2.ClH/c23-16-22(10-12-26-13-11-22)21(25)24-14-18-8-4-5-9-19(18)20(15-24)17-6-2-1-3-7-17;/h1-9,20H,10-16,23H2;1H. The highest BCUT2D eigenvalue weighted by atomic mass is 35.5. The average Bonchev–Trinajstić information content (AvgIpc) is 2.73. The molecule has 0 aromatic heterocycles. The molecule has 144 valence electrons. The number of carbonyl (C=O) groups excluding carboxylic acids is 1. The summed E-state index contributed by atoms with van der Waals surface area (Å²) in [6.07, 6.45) is 1.44. The maximum atomic E-state index is 13.5. The Morgan fingerprint density at radius 2 is 1.74 bits per heavy atom. The van der Waals surface area contributed by atoms with Gasteiger partial charge in [0.05, 0.1) is 5.41 Å². The van der Waals surface area contributed by atoms with Crippen LogP contribution in [-0.2, 0) is 16.1 Å². The third-order valence-corrected chi connectivity index (χ3v) is 5.98. The molecule has 2 N–H and O–H groups in total. The van der Waals surface area contributed by atoms with E-state index in [1.54, 1.807) is 0 Å². The lowest BCUT2D eigenvalue weighted by atomic mass is 9.77. The van der Waals surface area contributed by atoms with E-state index in [1.807, 2.05) is 11.0 Å². The Kier molecular flexibility index (Phi) is 6.20. The highest BCUT2D eigenvalue weighted by Gasteiger charge is 2.43. The number of benzene rings is 2. The van der Waals surface area contributed by atoms with Crippen LogP contribution in [0.4, 0.5) is 0 Å². The molecule has 4 nitrogen and oxygen atoms in total. The van der Waals surface area contributed by atoms with Crippen LogP contribution in [0.15, 0.2) is 54.6 Å². The van der Waals surface area contributed by atoms with Crippen LogP contribution < -0.4 is 5.73 Å². The van der Waals surface area contributed by atoms with Gasteiger partial charge in [-0.2, -0.15) is 0 Å². The second-order valence-corrected chi connectivity index (χ2v) is 7.44. The number of hydrogen-bond donors (Lipinski definition) is 1. The maximum Gasteiger partial charge on any atom is 0.230 e. The van der Waals surface area contributed by atoms with Crippen LogP contribution in [0.3, 0.4) is 0 Å². The Hall–Kier alpha value is -1.88. The van der Waals surface area contributed by atoms with Crippen molar-refractivity contribution >= 4 is 18.3 Å². The largest absolute Gasteiger partial charge is 0.381 e. The van der Waals surface area contributed by atoms with Gasteiger partial charge in [0.15, 0.2) is 0 Å². The molecule has 0 radical (unpaired) electrons. The minimum Gasteiger partial charge on any atom is -0.381 e. The van der Waals surface area contributed by atoms with Crippen molar-refractivity contribution in [3.63, 3.8) is 0 Å². The number of hydrogen-bond acceptors (Lipinski definition) is 3. The van der Waals surface area contributed by atoms with E-state index in [2.05, 4.69) is 48.5 Å². The number of halogens is 1. The number of nitrogens with zero attached hydrogens (tertiary/aromatic N) is 1. The minimum absolute atomic E-state index is 0. The molecule has 2 aliphatic heterocycles. The molecular formula is C22H27ClN2O2. The fourth-order valence-corrected chi connectivity index (χ4v) is 4.33. The van der Waals surface area contributed by atoms with Gasteiger partial charge in [0.2, 0.25) is 5.91 Å². The van der Waals surface area contributed by atoms with Crippen molar-refractivity contribution < 1.29 is 9.53 Å². The predicted octanol–water partition coefficient (Wildman–Crippen LogP) is 3.34. The summed E-state index contributed by atoms with van der Waals surface area (Å²) in [7, 11) is 0. The van der Waals surface area contributed by atoms with Gasteiger partial charge in [-0.25, -0.2) is 0 Å². The summed E-state index contributed by atoms with van der Waals surface area (Å²) < 4.78 is 5.48. The average molecular weight is 387 g/mol. The molecule has 0 bridgehead atoms. The Morgan fingerprint density at radius 1 is 1.07 bits per heavy atom. The first kappa shape index (κ1) is 19.9. The number of rotatable bonds is 3. The highest BCUT2D eigenvalue weighted by molar-refractivity contribution is 5.85. The molecule has 1 unspecified atom stereocenters. The number of amides is 1. The first-order valence-electron chi connectivity index (χ1n) is 9.43. The molecule has 1 fully saturated rings. The van der Waals surface area contributed by atoms with Gasteiger partial charge in [-0.1, -0.05) is 54.6 Å². The van der Waals surface area contributed by atoms with Crippen molar-refractivity contribution in [2.75, 3.05) is 26.3 Å². The Balaban J connectivity index is 0.00000210. The smallest absolute Gasteiger partial charge is 0.230 e. The number of nitrogens with two attached hydrogens (primary N) is 1. The van der Waals surface area contributed by atoms with Crippen LogP contribution in [0.1, 0.15) is 35.4 Å². The van der Waals surface area contributed by atoms with Crippen LogP contribution in [0.2, 0.25) is 0 Å². The molecule has 2 heterocycles. The van der Waals surface area contributed by atoms with Gasteiger partial charge in [0.1, 0.15) is 0 Å². The van der Waals surface area contributed by atoms with E-state index < -0.39 is 5.41 Å². The summed E-state index contributed by atoms with van der Waals surface area (Å²) in [5.41, 5.74) is 9.44. The van der Waals surface area contributed by atoms with Crippen molar-refractivity contribution in [1.82, 2.24) is 4.90 Å². The van der Waals surface area contributed by atoms with Crippen LogP contribution >= 0.6 is 12.4 Å². The van der Waals surface area contributed by atoms with Crippen molar-refractivity contribution in [2.45, 2.75) is 25.3 Å². The van der Waals surface area contributed by atoms with Gasteiger partial charge in [-0.05, 0) is 29.5 Å². The normalized spacial score (nSPS) is 21.1. The third kappa shape index (κ3) is 3.75. The lowest BCUT2D eigenvalue weighted by Crippen LogP contribution is -2.52. The SMILES string of the molecule is Cl.NCC1(C(=O)N2Cc3ccccc3C(c3ccccc3)C2)CCOCC1. The van der Waals surface area contributed by atoms with Crippen molar-refractivity contribution in [2.24, 2.45) is 11.1 Å². The third-order valence-electron chi connectivity index (χ3n) is 5.98. The zero-order chi connectivity index (χ0) is 18.0. The van der Waals surface area contributed by atoms with E-state index in [1.165, 1.54) is 16.7 Å². The Labute approximate surface area is 167 Å². The van der Waals surface area contributed by atoms with E-state index in [0.717, 1.165) is 12.8 Å². The maximum absolute atomic E-state index is 13.5. The lowest BCUT2D eigenvalue weighted by molar-refractivity contribution is -0.148. The van der Waals surface area contributed by atoms with Crippen LogP contribution in [0.25, 0.3) is 0 Å². The first-order valence-corrected chi connectivity index (χ1v) is 9.43. The van der Waals surface area contributed by atoms with Gasteiger partial charge in [0, 0.05) is 38.8 Å². The molecule has 1 atom stereocenters. The van der Waals surface area contributed by atoms with Gasteiger partial charge < -0.3 is 15.4 Å². The molecule has 5 heteroatoms. The zero-order valence-electron chi connectivity index (χ0n) is 15.5. The second kappa shape index (κ2) is 8.42. The van der Waals surface area contributed by atoms with Crippen LogP contribution in [0, 0.1) is 5.41 Å². The molecule has 27 heavy (non-hydrogen) atoms. The van der Waals surface area contributed by atoms with E-state index in [-0.39, 0.29) is 24.2 Å². The molecule has 0 saturated carbocycles. The summed E-state index contributed by atoms with van der Waals surface area (Å²) in [6.45, 7) is 3.01. The van der Waals surface area contributed by atoms with Crippen LogP contribution in [0.5, 0.6) is 0 Å². The molecule has 2 aliphatic rings. The monoisotopic (exact) mass is 386 g/mol. The molecule has 2 aromatic rings. The Morgan fingerprint density at radius 3 is 2.44 bits per heavy atom. The Bertz CT molecular complexity index is 775. The molecule has 4 rings (SSSR count). The van der Waals surface area contributed by atoms with Gasteiger partial charge >= 0.3 is 0 Å². The molecule has 1 saturated heterocycles. The zero-order valence-corrected chi connectivity index (χ0v) is 16.3. The molecule has 1 amide bonds. The van der Waals surface area contributed by atoms with Crippen LogP contribution in [-0.4, -0.2) is 37.1 Å². The fraction of sp³-hybridized carbons (Fsp3) is 0.409. The number of fused-ring (bicyclic) bond motifs is 1. The molecule has 2 aromatic carbocycles. The number of ether oxygens (including phenoxy) is 1. The van der Waals surface area contributed by atoms with Gasteiger partial charge in [-0.3, -0.25) is 4.79 Å². The summed E-state index contributed by atoms with van der Waals surface area (Å²) >= 11 is 0. The van der Waals surface area contributed by atoms with E-state index in [0.29, 0.717) is 32.8 Å².